The van der Waals surface area contributed by atoms with E-state index in [4.69, 9.17) is 26.1 Å². The number of rotatable bonds is 8. The molecule has 0 unspecified atom stereocenters. The molecule has 6 rings (SSSR count). The summed E-state index contributed by atoms with van der Waals surface area (Å²) in [5.41, 5.74) is 3.75. The first-order valence-electron chi connectivity index (χ1n) is 12.9. The summed E-state index contributed by atoms with van der Waals surface area (Å²) in [5.74, 6) is 1.86. The summed E-state index contributed by atoms with van der Waals surface area (Å²) in [6.45, 7) is 4.67. The number of piperidine rings is 1. The minimum Gasteiger partial charge on any atom is -0.487 e. The van der Waals surface area contributed by atoms with Crippen LogP contribution in [0.2, 0.25) is 5.02 Å². The Labute approximate surface area is 221 Å². The van der Waals surface area contributed by atoms with Crippen molar-refractivity contribution in [3.63, 3.8) is 0 Å². The number of hydrogen-bond donors (Lipinski definition) is 0. The Balaban J connectivity index is 1.08. The lowest BCUT2D eigenvalue weighted by Gasteiger charge is -2.33. The second-order valence-electron chi connectivity index (χ2n) is 9.90. The zero-order valence-corrected chi connectivity index (χ0v) is 21.4. The third-order valence-electron chi connectivity index (χ3n) is 7.45. The van der Waals surface area contributed by atoms with Crippen molar-refractivity contribution in [2.45, 2.75) is 51.0 Å². The van der Waals surface area contributed by atoms with E-state index in [0.717, 1.165) is 69.1 Å². The Kier molecular flexibility index (Phi) is 7.09. The summed E-state index contributed by atoms with van der Waals surface area (Å²) in [4.78, 5) is 11.5. The fraction of sp³-hybridized carbons (Fsp3) is 0.379. The van der Waals surface area contributed by atoms with Gasteiger partial charge in [0.1, 0.15) is 29.7 Å². The van der Waals surface area contributed by atoms with Crippen LogP contribution in [0.1, 0.15) is 42.3 Å². The summed E-state index contributed by atoms with van der Waals surface area (Å²) in [7, 11) is 0. The molecule has 0 N–H and O–H groups in total. The van der Waals surface area contributed by atoms with Crippen LogP contribution in [0, 0.1) is 5.82 Å². The molecular weight excluding hydrogens is 491 g/mol. The zero-order chi connectivity index (χ0) is 25.2. The van der Waals surface area contributed by atoms with Crippen LogP contribution >= 0.6 is 11.6 Å². The van der Waals surface area contributed by atoms with Gasteiger partial charge >= 0.3 is 0 Å². The summed E-state index contributed by atoms with van der Waals surface area (Å²) in [6, 6.07) is 17.8. The van der Waals surface area contributed by atoms with E-state index >= 15 is 0 Å². The molecule has 192 valence electrons. The van der Waals surface area contributed by atoms with E-state index < -0.39 is 5.82 Å². The molecule has 1 atom stereocenters. The molecule has 0 spiro atoms. The van der Waals surface area contributed by atoms with Gasteiger partial charge in [-0.25, -0.2) is 9.37 Å². The predicted octanol–water partition coefficient (Wildman–Crippen LogP) is 5.97. The minimum atomic E-state index is -0.454. The van der Waals surface area contributed by atoms with Crippen molar-refractivity contribution in [3.05, 3.63) is 88.7 Å². The van der Waals surface area contributed by atoms with Crippen LogP contribution in [0.25, 0.3) is 11.0 Å². The van der Waals surface area contributed by atoms with Gasteiger partial charge in [-0.15, -0.1) is 0 Å². The molecule has 6 nitrogen and oxygen atoms in total. The highest BCUT2D eigenvalue weighted by Gasteiger charge is 2.25. The van der Waals surface area contributed by atoms with Gasteiger partial charge in [-0.05, 0) is 74.2 Å². The lowest BCUT2D eigenvalue weighted by Crippen LogP contribution is -2.35. The molecule has 8 heteroatoms. The number of fused-ring (bicyclic) bond motifs is 1. The molecule has 4 heterocycles. The molecule has 4 aromatic rings. The number of aromatic nitrogens is 3. The molecule has 0 aliphatic carbocycles. The zero-order valence-electron chi connectivity index (χ0n) is 20.7. The van der Waals surface area contributed by atoms with Crippen molar-refractivity contribution in [1.82, 2.24) is 19.4 Å². The first kappa shape index (κ1) is 24.3. The van der Waals surface area contributed by atoms with E-state index in [1.54, 1.807) is 0 Å². The lowest BCUT2D eigenvalue weighted by molar-refractivity contribution is -0.0592. The van der Waals surface area contributed by atoms with E-state index in [0.29, 0.717) is 12.0 Å². The monoisotopic (exact) mass is 520 g/mol. The van der Waals surface area contributed by atoms with Crippen molar-refractivity contribution >= 4 is 22.6 Å². The van der Waals surface area contributed by atoms with E-state index in [-0.39, 0.29) is 17.3 Å². The molecule has 0 saturated carbocycles. The number of halogens is 2. The lowest BCUT2D eigenvalue weighted by atomic mass is 9.89. The van der Waals surface area contributed by atoms with E-state index in [1.807, 2.05) is 12.1 Å². The molecule has 2 fully saturated rings. The minimum absolute atomic E-state index is 0.0673. The maximum atomic E-state index is 14.0. The number of imidazole rings is 1. The van der Waals surface area contributed by atoms with Gasteiger partial charge in [-0.3, -0.25) is 9.88 Å². The molecule has 2 aliphatic rings. The fourth-order valence-electron chi connectivity index (χ4n) is 5.27. The van der Waals surface area contributed by atoms with Crippen LogP contribution < -0.4 is 4.74 Å². The van der Waals surface area contributed by atoms with Crippen LogP contribution in [-0.2, 0) is 24.4 Å². The van der Waals surface area contributed by atoms with E-state index in [1.165, 1.54) is 23.3 Å². The Morgan fingerprint density at radius 2 is 1.89 bits per heavy atom. The topological polar surface area (TPSA) is 52.4 Å². The highest BCUT2D eigenvalue weighted by atomic mass is 35.5. The summed E-state index contributed by atoms with van der Waals surface area (Å²) < 4.78 is 28.0. The molecule has 2 aromatic carbocycles. The molecule has 0 bridgehead atoms. The van der Waals surface area contributed by atoms with Crippen LogP contribution in [0.4, 0.5) is 4.39 Å². The second kappa shape index (κ2) is 10.8. The molecule has 0 amide bonds. The Hall–Kier alpha value is -3.00. The SMILES string of the molecule is Fc1cc(Cl)cnc1COc1cccc(C2CCN(Cc3nc4ccccc4n3C[C@@H]3CCO3)CC2)c1. The van der Waals surface area contributed by atoms with Gasteiger partial charge in [0, 0.05) is 12.8 Å². The van der Waals surface area contributed by atoms with Gasteiger partial charge in [0.2, 0.25) is 0 Å². The van der Waals surface area contributed by atoms with Crippen molar-refractivity contribution in [3.8, 4) is 5.75 Å². The Morgan fingerprint density at radius 3 is 2.68 bits per heavy atom. The van der Waals surface area contributed by atoms with Crippen molar-refractivity contribution < 1.29 is 13.9 Å². The third-order valence-corrected chi connectivity index (χ3v) is 7.66. The average molecular weight is 521 g/mol. The number of nitrogens with zero attached hydrogens (tertiary/aromatic N) is 4. The summed E-state index contributed by atoms with van der Waals surface area (Å²) in [5, 5.41) is 0.277. The van der Waals surface area contributed by atoms with Gasteiger partial charge in [0.15, 0.2) is 0 Å². The van der Waals surface area contributed by atoms with Crippen LogP contribution in [0.15, 0.2) is 60.8 Å². The van der Waals surface area contributed by atoms with Crippen molar-refractivity contribution in [2.24, 2.45) is 0 Å². The second-order valence-corrected chi connectivity index (χ2v) is 10.3. The highest BCUT2D eigenvalue weighted by Crippen LogP contribution is 2.31. The standard InChI is InChI=1S/C29H30ClFN4O2/c30-22-15-25(31)27(32-16-22)19-37-23-5-3-4-21(14-23)20-8-11-34(12-9-20)18-29-33-26-6-1-2-7-28(26)35(29)17-24-10-13-36-24/h1-7,14-16,20,24H,8-13,17-19H2/t24-/m0/s1. The van der Waals surface area contributed by atoms with Gasteiger partial charge in [0.05, 0.1) is 35.2 Å². The maximum absolute atomic E-state index is 14.0. The van der Waals surface area contributed by atoms with Crippen molar-refractivity contribution in [2.75, 3.05) is 19.7 Å². The molecule has 37 heavy (non-hydrogen) atoms. The van der Waals surface area contributed by atoms with Gasteiger partial charge < -0.3 is 14.0 Å². The number of pyridine rings is 1. The van der Waals surface area contributed by atoms with Gasteiger partial charge in [-0.2, -0.15) is 0 Å². The molecule has 2 saturated heterocycles. The van der Waals surface area contributed by atoms with Crippen molar-refractivity contribution in [1.29, 1.82) is 0 Å². The quantitative estimate of drug-likeness (QED) is 0.286. The number of hydrogen-bond acceptors (Lipinski definition) is 5. The maximum Gasteiger partial charge on any atom is 0.149 e. The summed E-state index contributed by atoms with van der Waals surface area (Å²) >= 11 is 5.79. The first-order chi connectivity index (χ1) is 18.1. The van der Waals surface area contributed by atoms with Crippen LogP contribution in [-0.4, -0.2) is 45.2 Å². The largest absolute Gasteiger partial charge is 0.487 e. The molecular formula is C29H30ClFN4O2. The Bertz CT molecular complexity index is 1380. The summed E-state index contributed by atoms with van der Waals surface area (Å²) in [6.07, 6.45) is 4.99. The third kappa shape index (κ3) is 5.49. The normalized spacial score (nSPS) is 18.7. The number of ether oxygens (including phenoxy) is 2. The van der Waals surface area contributed by atoms with Crippen LogP contribution in [0.5, 0.6) is 5.75 Å². The predicted molar refractivity (Wildman–Crippen MR) is 141 cm³/mol. The average Bonchev–Trinajstić information content (AvgIpc) is 3.23. The van der Waals surface area contributed by atoms with E-state index in [2.05, 4.69) is 50.8 Å². The molecule has 2 aliphatic heterocycles. The highest BCUT2D eigenvalue weighted by molar-refractivity contribution is 6.30. The number of para-hydroxylation sites is 2. The van der Waals surface area contributed by atoms with Gasteiger partial charge in [-0.1, -0.05) is 35.9 Å². The fourth-order valence-corrected chi connectivity index (χ4v) is 5.41. The number of benzene rings is 2. The smallest absolute Gasteiger partial charge is 0.149 e. The van der Waals surface area contributed by atoms with Crippen LogP contribution in [0.3, 0.4) is 0 Å². The molecule has 0 radical (unpaired) electrons. The molecule has 2 aromatic heterocycles. The van der Waals surface area contributed by atoms with Gasteiger partial charge in [0.25, 0.3) is 0 Å². The first-order valence-corrected chi connectivity index (χ1v) is 13.3. The van der Waals surface area contributed by atoms with E-state index in [9.17, 15) is 4.39 Å². The number of likely N-dealkylation sites (tertiary alicyclic amines) is 1. The Morgan fingerprint density at radius 1 is 1.05 bits per heavy atom.